The van der Waals surface area contributed by atoms with Crippen LogP contribution in [0.5, 0.6) is 5.75 Å². The van der Waals surface area contributed by atoms with Crippen molar-refractivity contribution in [3.8, 4) is 5.75 Å². The molecule has 0 bridgehead atoms. The molecule has 2 heterocycles. The third-order valence-electron chi connectivity index (χ3n) is 4.03. The van der Waals surface area contributed by atoms with E-state index in [1.807, 2.05) is 30.5 Å². The monoisotopic (exact) mass is 337 g/mol. The first-order valence-corrected chi connectivity index (χ1v) is 7.98. The first-order valence-electron chi connectivity index (χ1n) is 7.98. The van der Waals surface area contributed by atoms with Crippen molar-refractivity contribution in [1.82, 2.24) is 9.55 Å². The summed E-state index contributed by atoms with van der Waals surface area (Å²) in [6.45, 7) is 4.49. The molecule has 0 aliphatic rings. The van der Waals surface area contributed by atoms with Gasteiger partial charge in [-0.3, -0.25) is 9.59 Å². The SMILES string of the molecule is CCn1cc(C(=O)Nc2cc(C)ccn2)c(=O)c2cc(OC)ccc21. The molecule has 3 aromatic rings. The van der Waals surface area contributed by atoms with Gasteiger partial charge in [-0.2, -0.15) is 0 Å². The standard InChI is InChI=1S/C19H19N3O3/c1-4-22-11-15(19(24)21-17-9-12(2)7-8-20-17)18(23)14-10-13(25-3)5-6-16(14)22/h5-11H,4H2,1-3H3,(H,20,21,24). The molecule has 6 heteroatoms. The second-order valence-electron chi connectivity index (χ2n) is 5.71. The summed E-state index contributed by atoms with van der Waals surface area (Å²) in [5.74, 6) is 0.512. The Morgan fingerprint density at radius 3 is 2.76 bits per heavy atom. The van der Waals surface area contributed by atoms with E-state index in [0.717, 1.165) is 11.1 Å². The molecule has 1 amide bonds. The number of nitrogens with one attached hydrogen (secondary N) is 1. The highest BCUT2D eigenvalue weighted by molar-refractivity contribution is 6.05. The number of nitrogens with zero attached hydrogens (tertiary/aromatic N) is 2. The number of anilines is 1. The molecular formula is C19H19N3O3. The molecule has 1 N–H and O–H groups in total. The summed E-state index contributed by atoms with van der Waals surface area (Å²) in [5, 5.41) is 3.14. The van der Waals surface area contributed by atoms with Crippen LogP contribution < -0.4 is 15.5 Å². The van der Waals surface area contributed by atoms with Crippen molar-refractivity contribution in [2.24, 2.45) is 0 Å². The molecule has 0 fully saturated rings. The minimum Gasteiger partial charge on any atom is -0.497 e. The molecule has 0 radical (unpaired) electrons. The van der Waals surface area contributed by atoms with Gasteiger partial charge in [-0.05, 0) is 49.7 Å². The zero-order valence-corrected chi connectivity index (χ0v) is 14.4. The van der Waals surface area contributed by atoms with Gasteiger partial charge in [0.25, 0.3) is 5.91 Å². The minimum atomic E-state index is -0.477. The maximum absolute atomic E-state index is 12.8. The Bertz CT molecular complexity index is 1010. The van der Waals surface area contributed by atoms with E-state index in [4.69, 9.17) is 4.74 Å². The lowest BCUT2D eigenvalue weighted by atomic mass is 10.1. The van der Waals surface area contributed by atoms with E-state index in [2.05, 4.69) is 10.3 Å². The van der Waals surface area contributed by atoms with Crippen LogP contribution >= 0.6 is 0 Å². The van der Waals surface area contributed by atoms with E-state index in [1.165, 1.54) is 0 Å². The maximum atomic E-state index is 12.8. The van der Waals surface area contributed by atoms with Crippen molar-refractivity contribution >= 4 is 22.6 Å². The first kappa shape index (κ1) is 16.7. The second kappa shape index (κ2) is 6.76. The largest absolute Gasteiger partial charge is 0.497 e. The van der Waals surface area contributed by atoms with Gasteiger partial charge in [0.05, 0.1) is 18.0 Å². The Hall–Kier alpha value is -3.15. The summed E-state index contributed by atoms with van der Waals surface area (Å²) < 4.78 is 7.07. The minimum absolute atomic E-state index is 0.0749. The number of hydrogen-bond acceptors (Lipinski definition) is 4. The molecule has 1 aromatic carbocycles. The quantitative estimate of drug-likeness (QED) is 0.794. The summed E-state index contributed by atoms with van der Waals surface area (Å²) in [5.41, 5.74) is 1.48. The van der Waals surface area contributed by atoms with Gasteiger partial charge in [-0.1, -0.05) is 0 Å². The van der Waals surface area contributed by atoms with Crippen LogP contribution in [0.25, 0.3) is 10.9 Å². The van der Waals surface area contributed by atoms with Crippen molar-refractivity contribution in [2.45, 2.75) is 20.4 Å². The van der Waals surface area contributed by atoms with E-state index in [0.29, 0.717) is 23.5 Å². The molecule has 25 heavy (non-hydrogen) atoms. The van der Waals surface area contributed by atoms with Gasteiger partial charge in [-0.25, -0.2) is 4.98 Å². The van der Waals surface area contributed by atoms with Gasteiger partial charge in [-0.15, -0.1) is 0 Å². The number of aromatic nitrogens is 2. The summed E-state index contributed by atoms with van der Waals surface area (Å²) >= 11 is 0. The number of carbonyl (C=O) groups excluding carboxylic acids is 1. The van der Waals surface area contributed by atoms with E-state index in [9.17, 15) is 9.59 Å². The van der Waals surface area contributed by atoms with Crippen molar-refractivity contribution < 1.29 is 9.53 Å². The lowest BCUT2D eigenvalue weighted by molar-refractivity contribution is 0.102. The highest BCUT2D eigenvalue weighted by Gasteiger charge is 2.16. The maximum Gasteiger partial charge on any atom is 0.262 e. The zero-order valence-electron chi connectivity index (χ0n) is 14.4. The Balaban J connectivity index is 2.10. The Kier molecular flexibility index (Phi) is 4.52. The highest BCUT2D eigenvalue weighted by atomic mass is 16.5. The fourth-order valence-corrected chi connectivity index (χ4v) is 2.72. The normalized spacial score (nSPS) is 10.7. The van der Waals surface area contributed by atoms with E-state index in [1.54, 1.807) is 37.7 Å². The van der Waals surface area contributed by atoms with E-state index >= 15 is 0 Å². The average Bonchev–Trinajstić information content (AvgIpc) is 2.61. The molecule has 0 saturated carbocycles. The number of methoxy groups -OCH3 is 1. The van der Waals surface area contributed by atoms with Crippen molar-refractivity contribution in [1.29, 1.82) is 0 Å². The fourth-order valence-electron chi connectivity index (χ4n) is 2.72. The smallest absolute Gasteiger partial charge is 0.262 e. The molecule has 128 valence electrons. The summed E-state index contributed by atoms with van der Waals surface area (Å²) in [4.78, 5) is 29.5. The number of benzene rings is 1. The molecule has 0 aliphatic heterocycles. The van der Waals surface area contributed by atoms with Crippen LogP contribution in [0.3, 0.4) is 0 Å². The van der Waals surface area contributed by atoms with Crippen LogP contribution in [0.1, 0.15) is 22.8 Å². The third kappa shape index (κ3) is 3.24. The number of carbonyl (C=O) groups is 1. The van der Waals surface area contributed by atoms with E-state index < -0.39 is 5.91 Å². The fraction of sp³-hybridized carbons (Fsp3) is 0.211. The lowest BCUT2D eigenvalue weighted by Gasteiger charge is -2.12. The van der Waals surface area contributed by atoms with Gasteiger partial charge in [0.15, 0.2) is 0 Å². The van der Waals surface area contributed by atoms with Crippen LogP contribution in [0.2, 0.25) is 0 Å². The van der Waals surface area contributed by atoms with Crippen molar-refractivity contribution in [2.75, 3.05) is 12.4 Å². The molecule has 0 spiro atoms. The van der Waals surface area contributed by atoms with Gasteiger partial charge in [0.1, 0.15) is 17.1 Å². The molecule has 0 saturated heterocycles. The molecular weight excluding hydrogens is 318 g/mol. The van der Waals surface area contributed by atoms with Crippen LogP contribution in [-0.4, -0.2) is 22.6 Å². The number of rotatable bonds is 4. The third-order valence-corrected chi connectivity index (χ3v) is 4.03. The zero-order chi connectivity index (χ0) is 18.0. The number of ether oxygens (including phenoxy) is 1. The van der Waals surface area contributed by atoms with Gasteiger partial charge >= 0.3 is 0 Å². The van der Waals surface area contributed by atoms with Crippen LogP contribution in [0.15, 0.2) is 47.5 Å². The Morgan fingerprint density at radius 2 is 2.08 bits per heavy atom. The second-order valence-corrected chi connectivity index (χ2v) is 5.71. The Labute approximate surface area is 145 Å². The number of amides is 1. The average molecular weight is 337 g/mol. The van der Waals surface area contributed by atoms with Crippen LogP contribution in [0, 0.1) is 6.92 Å². The lowest BCUT2D eigenvalue weighted by Crippen LogP contribution is -2.24. The summed E-state index contributed by atoms with van der Waals surface area (Å²) in [7, 11) is 1.54. The highest BCUT2D eigenvalue weighted by Crippen LogP contribution is 2.19. The predicted molar refractivity (Wildman–Crippen MR) is 97.4 cm³/mol. The van der Waals surface area contributed by atoms with Crippen LogP contribution in [-0.2, 0) is 6.54 Å². The van der Waals surface area contributed by atoms with Crippen LogP contribution in [0.4, 0.5) is 5.82 Å². The topological polar surface area (TPSA) is 73.2 Å². The van der Waals surface area contributed by atoms with Gasteiger partial charge in [0.2, 0.25) is 5.43 Å². The summed E-state index contributed by atoms with van der Waals surface area (Å²) in [6.07, 6.45) is 3.20. The number of fused-ring (bicyclic) bond motifs is 1. The van der Waals surface area contributed by atoms with Gasteiger partial charge < -0.3 is 14.6 Å². The molecule has 0 atom stereocenters. The molecule has 2 aromatic heterocycles. The predicted octanol–water partition coefficient (Wildman–Crippen LogP) is 2.99. The number of aryl methyl sites for hydroxylation is 2. The van der Waals surface area contributed by atoms with E-state index in [-0.39, 0.29) is 11.0 Å². The molecule has 3 rings (SSSR count). The number of hydrogen-bond donors (Lipinski definition) is 1. The number of pyridine rings is 2. The van der Waals surface area contributed by atoms with Crippen molar-refractivity contribution in [3.05, 3.63) is 64.1 Å². The van der Waals surface area contributed by atoms with Gasteiger partial charge in [0, 0.05) is 18.9 Å². The molecule has 0 unspecified atom stereocenters. The van der Waals surface area contributed by atoms with Crippen molar-refractivity contribution in [3.63, 3.8) is 0 Å². The summed E-state index contributed by atoms with van der Waals surface area (Å²) in [6, 6.07) is 8.86. The first-order chi connectivity index (χ1) is 12.0. The molecule has 6 nitrogen and oxygen atoms in total. The Morgan fingerprint density at radius 1 is 1.28 bits per heavy atom. The molecule has 0 aliphatic carbocycles.